The standard InChI is InChI=1S/C20H32N2O2.3C2H6.3C2H2/c1-22-11-5-3-7-15(22)8-9-18-17-13-24-19(23)16(17)12-14-6-2-4-10-20(14,18)21;6*1-2/h8-9,14-18H,2-7,10-13,21H2,1H3;3*1-2H3;3*1-2H/b9-8+;;;;;;/t14?,15?,16-,17-,18-,20+;;;;;;/m0....../s1. The summed E-state index contributed by atoms with van der Waals surface area (Å²) < 4.78 is 5.46. The molecule has 0 aromatic rings. The van der Waals surface area contributed by atoms with E-state index in [1.807, 2.05) is 41.5 Å². The monoisotopic (exact) mass is 500 g/mol. The van der Waals surface area contributed by atoms with Crippen LogP contribution in [-0.4, -0.2) is 42.6 Å². The lowest BCUT2D eigenvalue weighted by Gasteiger charge is -2.52. The van der Waals surface area contributed by atoms with Crippen LogP contribution in [0.2, 0.25) is 0 Å². The zero-order valence-electron chi connectivity index (χ0n) is 24.4. The van der Waals surface area contributed by atoms with Crippen LogP contribution in [0.5, 0.6) is 0 Å². The number of nitrogens with zero attached hydrogens (tertiary/aromatic N) is 1. The van der Waals surface area contributed by atoms with Gasteiger partial charge in [-0.3, -0.25) is 9.69 Å². The average Bonchev–Trinajstić information content (AvgIpc) is 3.33. The number of likely N-dealkylation sites (N-methyl/N-ethyl adjacent to an activating group) is 1. The van der Waals surface area contributed by atoms with E-state index in [1.165, 1.54) is 45.1 Å². The molecular formula is C32H56N2O2. The third-order valence-corrected chi connectivity index (χ3v) is 7.40. The summed E-state index contributed by atoms with van der Waals surface area (Å²) in [5.41, 5.74) is 6.90. The summed E-state index contributed by atoms with van der Waals surface area (Å²) >= 11 is 0. The smallest absolute Gasteiger partial charge is 0.309 e. The number of esters is 1. The van der Waals surface area contributed by atoms with E-state index in [0.717, 1.165) is 12.8 Å². The van der Waals surface area contributed by atoms with E-state index in [9.17, 15) is 4.79 Å². The Morgan fingerprint density at radius 3 is 2.00 bits per heavy atom. The van der Waals surface area contributed by atoms with E-state index in [2.05, 4.69) is 62.6 Å². The molecule has 0 amide bonds. The number of hydrogen-bond acceptors (Lipinski definition) is 4. The second kappa shape index (κ2) is 23.2. The summed E-state index contributed by atoms with van der Waals surface area (Å²) in [6, 6.07) is 0.530. The van der Waals surface area contributed by atoms with Crippen molar-refractivity contribution in [2.75, 3.05) is 20.2 Å². The van der Waals surface area contributed by atoms with Crippen LogP contribution in [0.1, 0.15) is 92.9 Å². The zero-order valence-corrected chi connectivity index (χ0v) is 24.4. The molecule has 0 aromatic carbocycles. The molecule has 4 nitrogen and oxygen atoms in total. The largest absolute Gasteiger partial charge is 0.465 e. The number of piperidine rings is 1. The number of rotatable bonds is 2. The minimum atomic E-state index is -0.128. The first-order chi connectivity index (χ1) is 17.6. The lowest BCUT2D eigenvalue weighted by atomic mass is 9.54. The number of nitrogens with two attached hydrogens (primary N) is 1. The van der Waals surface area contributed by atoms with Crippen LogP contribution in [0.3, 0.4) is 0 Å². The molecule has 4 heteroatoms. The van der Waals surface area contributed by atoms with Crippen LogP contribution in [-0.2, 0) is 9.53 Å². The van der Waals surface area contributed by atoms with Gasteiger partial charge in [-0.15, -0.1) is 38.5 Å². The molecule has 2 unspecified atom stereocenters. The summed E-state index contributed by atoms with van der Waals surface area (Å²) in [7, 11) is 2.22. The lowest BCUT2D eigenvalue weighted by molar-refractivity contribution is -0.142. The molecule has 36 heavy (non-hydrogen) atoms. The van der Waals surface area contributed by atoms with Gasteiger partial charge in [0, 0.05) is 23.4 Å². The topological polar surface area (TPSA) is 55.6 Å². The first-order valence-electron chi connectivity index (χ1n) is 13.9. The zero-order chi connectivity index (χ0) is 28.7. The van der Waals surface area contributed by atoms with Crippen molar-refractivity contribution in [1.82, 2.24) is 4.90 Å². The van der Waals surface area contributed by atoms with Gasteiger partial charge < -0.3 is 10.5 Å². The molecule has 2 saturated heterocycles. The normalized spacial score (nSPS) is 31.7. The van der Waals surface area contributed by atoms with Crippen LogP contribution >= 0.6 is 0 Å². The van der Waals surface area contributed by atoms with Gasteiger partial charge in [0.15, 0.2) is 0 Å². The molecule has 206 valence electrons. The fourth-order valence-electron chi connectivity index (χ4n) is 5.89. The predicted octanol–water partition coefficient (Wildman–Crippen LogP) is 6.55. The molecule has 2 N–H and O–H groups in total. The Kier molecular flexibility index (Phi) is 24.7. The van der Waals surface area contributed by atoms with E-state index in [0.29, 0.717) is 30.4 Å². The fourth-order valence-corrected chi connectivity index (χ4v) is 5.89. The van der Waals surface area contributed by atoms with Gasteiger partial charge in [0.1, 0.15) is 0 Å². The van der Waals surface area contributed by atoms with E-state index in [4.69, 9.17) is 10.5 Å². The van der Waals surface area contributed by atoms with E-state index in [1.54, 1.807) is 0 Å². The Hall–Kier alpha value is -2.19. The van der Waals surface area contributed by atoms with E-state index in [-0.39, 0.29) is 17.4 Å². The Bertz CT molecular complexity index is 622. The van der Waals surface area contributed by atoms with Crippen molar-refractivity contribution in [1.29, 1.82) is 0 Å². The second-order valence-corrected chi connectivity index (χ2v) is 8.65. The molecule has 2 saturated carbocycles. The van der Waals surface area contributed by atoms with Gasteiger partial charge in [0.2, 0.25) is 0 Å². The molecule has 2 aliphatic heterocycles. The number of fused-ring (bicyclic) bond motifs is 2. The molecule has 2 heterocycles. The highest BCUT2D eigenvalue weighted by molar-refractivity contribution is 5.75. The van der Waals surface area contributed by atoms with Gasteiger partial charge >= 0.3 is 5.97 Å². The number of terminal acetylenes is 3. The van der Waals surface area contributed by atoms with Crippen molar-refractivity contribution in [3.05, 3.63) is 12.2 Å². The average molecular weight is 501 g/mol. The maximum atomic E-state index is 12.2. The number of hydrogen-bond donors (Lipinski definition) is 1. The maximum Gasteiger partial charge on any atom is 0.309 e. The van der Waals surface area contributed by atoms with Gasteiger partial charge in [-0.1, -0.05) is 73.0 Å². The maximum absolute atomic E-state index is 12.2. The summed E-state index contributed by atoms with van der Waals surface area (Å²) in [4.78, 5) is 14.7. The first kappa shape index (κ1) is 38.3. The van der Waals surface area contributed by atoms with Gasteiger partial charge in [-0.2, -0.15) is 0 Å². The van der Waals surface area contributed by atoms with Crippen molar-refractivity contribution in [3.63, 3.8) is 0 Å². The first-order valence-corrected chi connectivity index (χ1v) is 13.9. The number of likely N-dealkylation sites (tertiary alicyclic amines) is 1. The van der Waals surface area contributed by atoms with E-state index >= 15 is 0 Å². The molecule has 0 radical (unpaired) electrons. The Balaban J connectivity index is -0.000000801. The number of cyclic esters (lactones) is 1. The predicted molar refractivity (Wildman–Crippen MR) is 158 cm³/mol. The Morgan fingerprint density at radius 2 is 1.44 bits per heavy atom. The van der Waals surface area contributed by atoms with Gasteiger partial charge in [0.05, 0.1) is 12.5 Å². The van der Waals surface area contributed by atoms with Crippen molar-refractivity contribution < 1.29 is 9.53 Å². The SMILES string of the molecule is C#C.C#C.C#C.CC.CC.CC.CN1CCCCC1/C=C/[C@H]1[C@H]2COC(=O)[C@H]2CC2CCCC[C@@]21N. The highest BCUT2D eigenvalue weighted by Gasteiger charge is 2.56. The summed E-state index contributed by atoms with van der Waals surface area (Å²) in [6.07, 6.45) is 38.4. The van der Waals surface area contributed by atoms with Crippen LogP contribution in [0.15, 0.2) is 12.2 Å². The molecule has 4 fully saturated rings. The number of carbonyl (C=O) groups excluding carboxylic acids is 1. The summed E-state index contributed by atoms with van der Waals surface area (Å²) in [5, 5.41) is 0. The Morgan fingerprint density at radius 1 is 0.889 bits per heavy atom. The van der Waals surface area contributed by atoms with Crippen LogP contribution in [0.4, 0.5) is 0 Å². The number of ether oxygens (including phenoxy) is 1. The van der Waals surface area contributed by atoms with Crippen molar-refractivity contribution in [2.24, 2.45) is 29.4 Å². The van der Waals surface area contributed by atoms with Crippen LogP contribution in [0.25, 0.3) is 0 Å². The van der Waals surface area contributed by atoms with Gasteiger partial charge in [0.25, 0.3) is 0 Å². The highest BCUT2D eigenvalue weighted by Crippen LogP contribution is 2.52. The van der Waals surface area contributed by atoms with Crippen molar-refractivity contribution in [3.8, 4) is 38.5 Å². The summed E-state index contributed by atoms with van der Waals surface area (Å²) in [6.45, 7) is 13.8. The Labute approximate surface area is 225 Å². The molecule has 0 bridgehead atoms. The van der Waals surface area contributed by atoms with Gasteiger partial charge in [-0.25, -0.2) is 0 Å². The summed E-state index contributed by atoms with van der Waals surface area (Å²) in [5.74, 6) is 1.19. The molecular weight excluding hydrogens is 444 g/mol. The molecule has 4 aliphatic rings. The molecule has 0 spiro atoms. The quantitative estimate of drug-likeness (QED) is 0.265. The molecule has 2 aliphatic carbocycles. The molecule has 4 rings (SSSR count). The minimum Gasteiger partial charge on any atom is -0.465 e. The minimum absolute atomic E-state index is 0.0285. The van der Waals surface area contributed by atoms with E-state index < -0.39 is 0 Å². The molecule has 0 aromatic heterocycles. The van der Waals surface area contributed by atoms with Crippen LogP contribution < -0.4 is 5.73 Å². The third-order valence-electron chi connectivity index (χ3n) is 7.40. The van der Waals surface area contributed by atoms with Crippen LogP contribution in [0, 0.1) is 62.2 Å². The lowest BCUT2D eigenvalue weighted by Crippen LogP contribution is -2.61. The fraction of sp³-hybridized carbons (Fsp3) is 0.719. The van der Waals surface area contributed by atoms with Crippen molar-refractivity contribution >= 4 is 5.97 Å². The number of carbonyl (C=O) groups is 1. The van der Waals surface area contributed by atoms with Gasteiger partial charge in [-0.05, 0) is 51.6 Å². The highest BCUT2D eigenvalue weighted by atomic mass is 16.5. The van der Waals surface area contributed by atoms with Crippen molar-refractivity contribution in [2.45, 2.75) is 104 Å². The second-order valence-electron chi connectivity index (χ2n) is 8.65. The third kappa shape index (κ3) is 10.1. The molecule has 6 atom stereocenters.